The van der Waals surface area contributed by atoms with Gasteiger partial charge in [0.25, 0.3) is 5.69 Å². The number of guanidine groups is 1. The minimum absolute atomic E-state index is 0.00884. The van der Waals surface area contributed by atoms with E-state index in [4.69, 9.17) is 29.0 Å². The molecule has 1 aromatic rings. The standard InChI is InChI=1S/C7H8N4O2.H2O4S/c8-7(9)10-5-1-3-6(4-2-5)11(12)13;1-5(2,3)4/h1-4H,(H4,8,9,10);(H2,1,2,3,4). The van der Waals surface area contributed by atoms with E-state index in [1.165, 1.54) is 24.3 Å². The Bertz CT molecular complexity index is 526. The predicted octanol–water partition coefficient (Wildman–Crippen LogP) is -0.153. The number of rotatable bonds is 2. The van der Waals surface area contributed by atoms with Gasteiger partial charge in [0.15, 0.2) is 5.96 Å². The van der Waals surface area contributed by atoms with Gasteiger partial charge in [-0.25, -0.2) is 4.99 Å². The molecule has 0 unspecified atom stereocenters. The summed E-state index contributed by atoms with van der Waals surface area (Å²) in [6.07, 6.45) is 0. The van der Waals surface area contributed by atoms with Crippen LogP contribution in [0.4, 0.5) is 11.4 Å². The van der Waals surface area contributed by atoms with Crippen LogP contribution in [-0.4, -0.2) is 28.4 Å². The lowest BCUT2D eigenvalue weighted by atomic mass is 10.3. The Labute approximate surface area is 102 Å². The van der Waals surface area contributed by atoms with E-state index < -0.39 is 15.3 Å². The molecule has 0 amide bonds. The van der Waals surface area contributed by atoms with Gasteiger partial charge >= 0.3 is 10.4 Å². The van der Waals surface area contributed by atoms with Crippen LogP contribution in [0.5, 0.6) is 0 Å². The average molecular weight is 278 g/mol. The molecule has 0 heterocycles. The van der Waals surface area contributed by atoms with Crippen molar-refractivity contribution < 1.29 is 22.4 Å². The Kier molecular flexibility index (Phi) is 5.68. The Morgan fingerprint density at radius 1 is 1.22 bits per heavy atom. The van der Waals surface area contributed by atoms with Gasteiger partial charge in [-0.1, -0.05) is 0 Å². The number of nitro benzene ring substituents is 1. The van der Waals surface area contributed by atoms with Crippen molar-refractivity contribution in [2.45, 2.75) is 0 Å². The lowest BCUT2D eigenvalue weighted by Gasteiger charge is -1.94. The van der Waals surface area contributed by atoms with Gasteiger partial charge in [0.05, 0.1) is 10.6 Å². The Morgan fingerprint density at radius 3 is 1.89 bits per heavy atom. The molecule has 11 heteroatoms. The van der Waals surface area contributed by atoms with Crippen LogP contribution in [0.25, 0.3) is 0 Å². The summed E-state index contributed by atoms with van der Waals surface area (Å²) < 4.78 is 31.6. The van der Waals surface area contributed by atoms with Gasteiger partial charge < -0.3 is 11.5 Å². The maximum absolute atomic E-state index is 10.3. The Hall–Kier alpha value is -2.24. The van der Waals surface area contributed by atoms with E-state index in [-0.39, 0.29) is 11.6 Å². The summed E-state index contributed by atoms with van der Waals surface area (Å²) in [6.45, 7) is 0. The first-order chi connectivity index (χ1) is 8.09. The van der Waals surface area contributed by atoms with Crippen molar-refractivity contribution >= 4 is 27.7 Å². The average Bonchev–Trinajstić information content (AvgIpc) is 2.14. The predicted molar refractivity (Wildman–Crippen MR) is 62.7 cm³/mol. The number of benzene rings is 1. The molecule has 0 aliphatic carbocycles. The summed E-state index contributed by atoms with van der Waals surface area (Å²) >= 11 is 0. The molecule has 6 N–H and O–H groups in total. The fraction of sp³-hybridized carbons (Fsp3) is 0. The monoisotopic (exact) mass is 278 g/mol. The molecule has 10 nitrogen and oxygen atoms in total. The zero-order valence-electron chi connectivity index (χ0n) is 8.79. The first kappa shape index (κ1) is 15.8. The molecular weight excluding hydrogens is 268 g/mol. The van der Waals surface area contributed by atoms with Crippen molar-refractivity contribution in [2.75, 3.05) is 0 Å². The van der Waals surface area contributed by atoms with Crippen LogP contribution in [0.3, 0.4) is 0 Å². The Morgan fingerprint density at radius 2 is 1.61 bits per heavy atom. The maximum Gasteiger partial charge on any atom is 0.394 e. The summed E-state index contributed by atoms with van der Waals surface area (Å²) in [7, 11) is -4.67. The van der Waals surface area contributed by atoms with Gasteiger partial charge in [-0.05, 0) is 12.1 Å². The molecule has 0 aliphatic heterocycles. The summed E-state index contributed by atoms with van der Waals surface area (Å²) in [5, 5.41) is 10.3. The first-order valence-corrected chi connectivity index (χ1v) is 5.53. The quantitative estimate of drug-likeness (QED) is 0.189. The molecule has 100 valence electrons. The van der Waals surface area contributed by atoms with Crippen molar-refractivity contribution in [3.8, 4) is 0 Å². The topological polar surface area (TPSA) is 182 Å². The highest BCUT2D eigenvalue weighted by molar-refractivity contribution is 7.79. The number of nitro groups is 1. The summed E-state index contributed by atoms with van der Waals surface area (Å²) in [5.41, 5.74) is 10.7. The van der Waals surface area contributed by atoms with Crippen LogP contribution in [0.1, 0.15) is 0 Å². The second kappa shape index (κ2) is 6.48. The van der Waals surface area contributed by atoms with Crippen molar-refractivity contribution in [1.82, 2.24) is 0 Å². The highest BCUT2D eigenvalue weighted by Crippen LogP contribution is 2.17. The number of non-ortho nitro benzene ring substituents is 1. The van der Waals surface area contributed by atoms with Crippen LogP contribution in [0, 0.1) is 10.1 Å². The van der Waals surface area contributed by atoms with Crippen molar-refractivity contribution in [1.29, 1.82) is 0 Å². The molecule has 18 heavy (non-hydrogen) atoms. The number of hydrogen-bond acceptors (Lipinski definition) is 5. The van der Waals surface area contributed by atoms with Crippen LogP contribution >= 0.6 is 0 Å². The van der Waals surface area contributed by atoms with Crippen molar-refractivity contribution in [3.05, 3.63) is 34.4 Å². The highest BCUT2D eigenvalue weighted by Gasteiger charge is 2.02. The van der Waals surface area contributed by atoms with E-state index in [9.17, 15) is 10.1 Å². The first-order valence-electron chi connectivity index (χ1n) is 4.13. The van der Waals surface area contributed by atoms with E-state index in [1.54, 1.807) is 0 Å². The molecule has 0 aliphatic rings. The fourth-order valence-corrected chi connectivity index (χ4v) is 0.798. The zero-order chi connectivity index (χ0) is 14.3. The zero-order valence-corrected chi connectivity index (χ0v) is 9.61. The normalized spacial score (nSPS) is 9.89. The summed E-state index contributed by atoms with van der Waals surface area (Å²) in [5.74, 6) is -0.0751. The third kappa shape index (κ3) is 9.02. The van der Waals surface area contributed by atoms with Crippen LogP contribution < -0.4 is 11.5 Å². The minimum Gasteiger partial charge on any atom is -0.370 e. The third-order valence-corrected chi connectivity index (χ3v) is 1.32. The third-order valence-electron chi connectivity index (χ3n) is 1.32. The molecule has 0 radical (unpaired) electrons. The van der Waals surface area contributed by atoms with Crippen molar-refractivity contribution in [3.63, 3.8) is 0 Å². The van der Waals surface area contributed by atoms with Gasteiger partial charge in [0.1, 0.15) is 0 Å². The molecular formula is C7H10N4O6S. The van der Waals surface area contributed by atoms with E-state index in [2.05, 4.69) is 4.99 Å². The molecule has 0 spiro atoms. The van der Waals surface area contributed by atoms with Gasteiger partial charge in [0.2, 0.25) is 0 Å². The number of nitrogens with zero attached hydrogens (tertiary/aromatic N) is 2. The molecule has 0 aromatic heterocycles. The van der Waals surface area contributed by atoms with Crippen LogP contribution in [-0.2, 0) is 10.4 Å². The Balaban J connectivity index is 0.000000494. The SMILES string of the molecule is NC(N)=Nc1ccc([N+](=O)[O-])cc1.O=S(=O)(O)O. The van der Waals surface area contributed by atoms with Gasteiger partial charge in [-0.2, -0.15) is 8.42 Å². The lowest BCUT2D eigenvalue weighted by molar-refractivity contribution is -0.384. The smallest absolute Gasteiger partial charge is 0.370 e. The molecule has 0 saturated carbocycles. The molecule has 0 fully saturated rings. The molecule has 1 rings (SSSR count). The van der Waals surface area contributed by atoms with Gasteiger partial charge in [0, 0.05) is 12.1 Å². The second-order valence-corrected chi connectivity index (χ2v) is 3.65. The number of nitrogens with two attached hydrogens (primary N) is 2. The number of hydrogen-bond donors (Lipinski definition) is 4. The summed E-state index contributed by atoms with van der Waals surface area (Å²) in [4.78, 5) is 13.5. The highest BCUT2D eigenvalue weighted by atomic mass is 32.3. The molecule has 0 atom stereocenters. The molecule has 1 aromatic carbocycles. The molecule has 0 saturated heterocycles. The fourth-order valence-electron chi connectivity index (χ4n) is 0.798. The van der Waals surface area contributed by atoms with Crippen LogP contribution in [0.2, 0.25) is 0 Å². The maximum atomic E-state index is 10.3. The van der Waals surface area contributed by atoms with E-state index in [1.807, 2.05) is 0 Å². The molecule has 0 bridgehead atoms. The van der Waals surface area contributed by atoms with E-state index >= 15 is 0 Å². The van der Waals surface area contributed by atoms with Crippen molar-refractivity contribution in [2.24, 2.45) is 16.5 Å². The second-order valence-electron chi connectivity index (χ2n) is 2.76. The largest absolute Gasteiger partial charge is 0.394 e. The van der Waals surface area contributed by atoms with E-state index in [0.717, 1.165) is 0 Å². The van der Waals surface area contributed by atoms with Gasteiger partial charge in [-0.15, -0.1) is 0 Å². The minimum atomic E-state index is -4.67. The van der Waals surface area contributed by atoms with E-state index in [0.29, 0.717) is 5.69 Å². The van der Waals surface area contributed by atoms with Crippen LogP contribution in [0.15, 0.2) is 29.3 Å². The summed E-state index contributed by atoms with van der Waals surface area (Å²) in [6, 6.07) is 5.61. The lowest BCUT2D eigenvalue weighted by Crippen LogP contribution is -2.21. The van der Waals surface area contributed by atoms with Gasteiger partial charge in [-0.3, -0.25) is 19.2 Å². The number of aliphatic imine (C=N–C) groups is 1.